The van der Waals surface area contributed by atoms with Gasteiger partial charge in [0.05, 0.1) is 5.56 Å². The Hall–Kier alpha value is -0.540. The van der Waals surface area contributed by atoms with Crippen molar-refractivity contribution in [3.63, 3.8) is 0 Å². The van der Waals surface area contributed by atoms with Crippen LogP contribution in [0.1, 0.15) is 23.2 Å². The van der Waals surface area contributed by atoms with Gasteiger partial charge in [0.25, 0.3) is 5.91 Å². The molecule has 0 fully saturated rings. The summed E-state index contributed by atoms with van der Waals surface area (Å²) in [6, 6.07) is 7.38. The van der Waals surface area contributed by atoms with Gasteiger partial charge in [0.2, 0.25) is 0 Å². The average Bonchev–Trinajstić information content (AvgIpc) is 2.25. The number of alkyl halides is 1. The maximum absolute atomic E-state index is 11.7. The third-order valence-electron chi connectivity index (χ3n) is 1.96. The number of carbonyl (C=O) groups is 1. The minimum atomic E-state index is -0.0444. The van der Waals surface area contributed by atoms with Crippen LogP contribution in [0.3, 0.4) is 0 Å². The number of halogens is 2. The summed E-state index contributed by atoms with van der Waals surface area (Å²) in [6.45, 7) is 0.673. The molecule has 0 atom stereocenters. The molecule has 82 valence electrons. The highest BCUT2D eigenvalue weighted by molar-refractivity contribution is 9.10. The van der Waals surface area contributed by atoms with Crippen LogP contribution in [-0.4, -0.2) is 18.3 Å². The third-order valence-corrected chi connectivity index (χ3v) is 2.92. The summed E-state index contributed by atoms with van der Waals surface area (Å²) in [4.78, 5) is 11.7. The average molecular weight is 291 g/mol. The predicted octanol–water partition coefficient (Wildman–Crippen LogP) is 3.20. The van der Waals surface area contributed by atoms with Crippen LogP contribution in [-0.2, 0) is 0 Å². The lowest BCUT2D eigenvalue weighted by Gasteiger charge is -2.05. The Labute approximate surface area is 103 Å². The first-order valence-corrected chi connectivity index (χ1v) is 6.17. The summed E-state index contributed by atoms with van der Waals surface area (Å²) >= 11 is 8.88. The van der Waals surface area contributed by atoms with Crippen molar-refractivity contribution in [1.82, 2.24) is 5.32 Å². The molecule has 15 heavy (non-hydrogen) atoms. The molecule has 0 aliphatic rings. The molecule has 0 aliphatic carbocycles. The maximum Gasteiger partial charge on any atom is 0.252 e. The van der Waals surface area contributed by atoms with Crippen LogP contribution in [0.5, 0.6) is 0 Å². The predicted molar refractivity (Wildman–Crippen MR) is 66.4 cm³/mol. The van der Waals surface area contributed by atoms with E-state index in [2.05, 4.69) is 21.2 Å². The number of benzene rings is 1. The molecule has 0 unspecified atom stereocenters. The number of carbonyl (C=O) groups excluding carboxylic acids is 1. The molecule has 0 aliphatic heterocycles. The van der Waals surface area contributed by atoms with Crippen molar-refractivity contribution in [3.05, 3.63) is 34.3 Å². The summed E-state index contributed by atoms with van der Waals surface area (Å²) in [5.74, 6) is 0.599. The minimum absolute atomic E-state index is 0.0444. The number of nitrogens with one attached hydrogen (secondary N) is 1. The molecule has 0 radical (unpaired) electrons. The number of rotatable bonds is 5. The van der Waals surface area contributed by atoms with E-state index in [0.717, 1.165) is 17.3 Å². The van der Waals surface area contributed by atoms with Crippen molar-refractivity contribution in [2.75, 3.05) is 12.4 Å². The molecule has 1 amide bonds. The van der Waals surface area contributed by atoms with E-state index in [1.165, 1.54) is 0 Å². The van der Waals surface area contributed by atoms with E-state index in [1.807, 2.05) is 18.2 Å². The van der Waals surface area contributed by atoms with Crippen molar-refractivity contribution < 1.29 is 4.79 Å². The highest BCUT2D eigenvalue weighted by Crippen LogP contribution is 2.15. The molecule has 1 rings (SSSR count). The Morgan fingerprint density at radius 2 is 2.07 bits per heavy atom. The third kappa shape index (κ3) is 4.22. The first-order valence-electron chi connectivity index (χ1n) is 4.84. The molecular formula is C11H13BrClNO. The molecule has 4 heteroatoms. The van der Waals surface area contributed by atoms with Crippen LogP contribution in [0, 0.1) is 0 Å². The van der Waals surface area contributed by atoms with Gasteiger partial charge in [-0.25, -0.2) is 0 Å². The van der Waals surface area contributed by atoms with E-state index >= 15 is 0 Å². The number of hydrogen-bond acceptors (Lipinski definition) is 1. The van der Waals surface area contributed by atoms with E-state index < -0.39 is 0 Å². The van der Waals surface area contributed by atoms with Crippen molar-refractivity contribution in [2.45, 2.75) is 12.8 Å². The standard InChI is InChI=1S/C11H13BrClNO/c12-10-6-2-1-5-9(10)11(15)14-8-4-3-7-13/h1-2,5-6H,3-4,7-8H2,(H,14,15). The monoisotopic (exact) mass is 289 g/mol. The molecule has 1 aromatic rings. The highest BCUT2D eigenvalue weighted by Gasteiger charge is 2.07. The molecule has 2 nitrogen and oxygen atoms in total. The first-order chi connectivity index (χ1) is 7.25. The Morgan fingerprint density at radius 1 is 1.33 bits per heavy atom. The zero-order valence-corrected chi connectivity index (χ0v) is 10.6. The van der Waals surface area contributed by atoms with Gasteiger partial charge in [-0.1, -0.05) is 12.1 Å². The lowest BCUT2D eigenvalue weighted by Crippen LogP contribution is -2.24. The lowest BCUT2D eigenvalue weighted by atomic mass is 10.2. The topological polar surface area (TPSA) is 29.1 Å². The quantitative estimate of drug-likeness (QED) is 0.655. The van der Waals surface area contributed by atoms with E-state index in [1.54, 1.807) is 6.07 Å². The van der Waals surface area contributed by atoms with Crippen molar-refractivity contribution in [3.8, 4) is 0 Å². The van der Waals surface area contributed by atoms with E-state index in [9.17, 15) is 4.79 Å². The van der Waals surface area contributed by atoms with Crippen LogP contribution in [0.4, 0.5) is 0 Å². The smallest absolute Gasteiger partial charge is 0.252 e. The first kappa shape index (κ1) is 12.5. The van der Waals surface area contributed by atoms with Gasteiger partial charge in [-0.2, -0.15) is 0 Å². The van der Waals surface area contributed by atoms with Crippen molar-refractivity contribution in [1.29, 1.82) is 0 Å². The SMILES string of the molecule is O=C(NCCCCCl)c1ccccc1Br. The molecule has 0 spiro atoms. The largest absolute Gasteiger partial charge is 0.352 e. The van der Waals surface area contributed by atoms with E-state index in [4.69, 9.17) is 11.6 Å². The van der Waals surface area contributed by atoms with Gasteiger partial charge in [-0.3, -0.25) is 4.79 Å². The molecule has 1 N–H and O–H groups in total. The summed E-state index contributed by atoms with van der Waals surface area (Å²) in [5, 5.41) is 2.85. The molecule has 0 bridgehead atoms. The second-order valence-electron chi connectivity index (χ2n) is 3.13. The summed E-state index contributed by atoms with van der Waals surface area (Å²) < 4.78 is 0.819. The second-order valence-corrected chi connectivity index (χ2v) is 4.36. The summed E-state index contributed by atoms with van der Waals surface area (Å²) in [5.41, 5.74) is 0.670. The number of unbranched alkanes of at least 4 members (excludes halogenated alkanes) is 1. The zero-order valence-electron chi connectivity index (χ0n) is 8.30. The fourth-order valence-corrected chi connectivity index (χ4v) is 1.82. The van der Waals surface area contributed by atoms with Crippen LogP contribution in [0.25, 0.3) is 0 Å². The summed E-state index contributed by atoms with van der Waals surface area (Å²) in [7, 11) is 0. The maximum atomic E-state index is 11.7. The Balaban J connectivity index is 2.44. The van der Waals surface area contributed by atoms with Crippen LogP contribution >= 0.6 is 27.5 Å². The van der Waals surface area contributed by atoms with Gasteiger partial charge in [-0.15, -0.1) is 11.6 Å². The molecule has 0 saturated heterocycles. The van der Waals surface area contributed by atoms with Gasteiger partial charge >= 0.3 is 0 Å². The molecule has 1 aromatic carbocycles. The van der Waals surface area contributed by atoms with E-state index in [0.29, 0.717) is 18.0 Å². The Kier molecular flexibility index (Phi) is 5.73. The summed E-state index contributed by atoms with van der Waals surface area (Å²) in [6.07, 6.45) is 1.84. The number of amides is 1. The Bertz CT molecular complexity index is 330. The molecule has 0 saturated carbocycles. The molecule has 0 aromatic heterocycles. The molecule has 0 heterocycles. The Morgan fingerprint density at radius 3 is 2.73 bits per heavy atom. The number of hydrogen-bond donors (Lipinski definition) is 1. The second kappa shape index (κ2) is 6.85. The van der Waals surface area contributed by atoms with Gasteiger partial charge < -0.3 is 5.32 Å². The normalized spacial score (nSPS) is 10.0. The van der Waals surface area contributed by atoms with Crippen molar-refractivity contribution in [2.24, 2.45) is 0 Å². The van der Waals surface area contributed by atoms with Gasteiger partial charge in [-0.05, 0) is 40.9 Å². The highest BCUT2D eigenvalue weighted by atomic mass is 79.9. The zero-order chi connectivity index (χ0) is 11.1. The van der Waals surface area contributed by atoms with E-state index in [-0.39, 0.29) is 5.91 Å². The fourth-order valence-electron chi connectivity index (χ4n) is 1.16. The van der Waals surface area contributed by atoms with Gasteiger partial charge in [0, 0.05) is 16.9 Å². The fraction of sp³-hybridized carbons (Fsp3) is 0.364. The minimum Gasteiger partial charge on any atom is -0.352 e. The molecular weight excluding hydrogens is 277 g/mol. The van der Waals surface area contributed by atoms with Gasteiger partial charge in [0.15, 0.2) is 0 Å². The van der Waals surface area contributed by atoms with Crippen LogP contribution < -0.4 is 5.32 Å². The lowest BCUT2D eigenvalue weighted by molar-refractivity contribution is 0.0952. The van der Waals surface area contributed by atoms with Gasteiger partial charge in [0.1, 0.15) is 0 Å². The van der Waals surface area contributed by atoms with Crippen LogP contribution in [0.15, 0.2) is 28.7 Å². The van der Waals surface area contributed by atoms with Crippen LogP contribution in [0.2, 0.25) is 0 Å². The van der Waals surface area contributed by atoms with Crippen molar-refractivity contribution >= 4 is 33.4 Å².